The van der Waals surface area contributed by atoms with Crippen LogP contribution in [0.2, 0.25) is 5.02 Å². The van der Waals surface area contributed by atoms with Crippen molar-refractivity contribution in [1.82, 2.24) is 4.90 Å². The highest BCUT2D eigenvalue weighted by Crippen LogP contribution is 2.16. The lowest BCUT2D eigenvalue weighted by Gasteiger charge is -2.17. The van der Waals surface area contributed by atoms with Gasteiger partial charge in [-0.1, -0.05) is 33.6 Å². The van der Waals surface area contributed by atoms with Gasteiger partial charge in [0.1, 0.15) is 12.4 Å². The number of unbranched alkanes of at least 4 members (excludes halogenated alkanes) is 1. The molecule has 5 heteroatoms. The van der Waals surface area contributed by atoms with Gasteiger partial charge in [-0.25, -0.2) is 0 Å². The van der Waals surface area contributed by atoms with E-state index in [1.54, 1.807) is 24.1 Å². The monoisotopic (exact) mass is 347 g/mol. The van der Waals surface area contributed by atoms with Crippen LogP contribution in [0.5, 0.6) is 5.75 Å². The van der Waals surface area contributed by atoms with Crippen LogP contribution in [0, 0.1) is 0 Å². The van der Waals surface area contributed by atoms with Gasteiger partial charge in [0.05, 0.1) is 6.54 Å². The van der Waals surface area contributed by atoms with Crippen LogP contribution in [-0.4, -0.2) is 36.3 Å². The van der Waals surface area contributed by atoms with Crippen LogP contribution in [-0.2, 0) is 4.79 Å². The Bertz CT molecular complexity index is 401. The standard InChI is InChI=1S/C14H19BrClNO2/c1-17(14(18)7-2-3-8-15)9-10-19-13-6-4-5-12(16)11-13/h4-6,11H,2-3,7-10H2,1H3. The van der Waals surface area contributed by atoms with Gasteiger partial charge in [0.25, 0.3) is 0 Å². The van der Waals surface area contributed by atoms with E-state index < -0.39 is 0 Å². The van der Waals surface area contributed by atoms with E-state index in [9.17, 15) is 4.79 Å². The Morgan fingerprint density at radius 2 is 2.21 bits per heavy atom. The number of halogens is 2. The van der Waals surface area contributed by atoms with E-state index in [0.717, 1.165) is 23.9 Å². The summed E-state index contributed by atoms with van der Waals surface area (Å²) in [6.07, 6.45) is 2.54. The van der Waals surface area contributed by atoms with Gasteiger partial charge in [0, 0.05) is 23.8 Å². The molecule has 1 amide bonds. The fraction of sp³-hybridized carbons (Fsp3) is 0.500. The molecule has 0 N–H and O–H groups in total. The molecule has 1 aromatic rings. The molecule has 0 saturated heterocycles. The second kappa shape index (κ2) is 9.21. The summed E-state index contributed by atoms with van der Waals surface area (Å²) in [6.45, 7) is 1.06. The van der Waals surface area contributed by atoms with Crippen LogP contribution in [0.3, 0.4) is 0 Å². The van der Waals surface area contributed by atoms with E-state index in [-0.39, 0.29) is 5.91 Å². The second-order valence-electron chi connectivity index (χ2n) is 4.27. The van der Waals surface area contributed by atoms with Crippen LogP contribution in [0.15, 0.2) is 24.3 Å². The van der Waals surface area contributed by atoms with E-state index in [1.165, 1.54) is 0 Å². The van der Waals surface area contributed by atoms with Crippen molar-refractivity contribution in [2.24, 2.45) is 0 Å². The minimum Gasteiger partial charge on any atom is -0.492 e. The third kappa shape index (κ3) is 6.83. The number of benzene rings is 1. The molecular weight excluding hydrogens is 330 g/mol. The molecule has 0 heterocycles. The number of ether oxygens (including phenoxy) is 1. The lowest BCUT2D eigenvalue weighted by molar-refractivity contribution is -0.130. The van der Waals surface area contributed by atoms with Crippen molar-refractivity contribution < 1.29 is 9.53 Å². The summed E-state index contributed by atoms with van der Waals surface area (Å²) in [6, 6.07) is 7.25. The number of hydrogen-bond donors (Lipinski definition) is 0. The summed E-state index contributed by atoms with van der Waals surface area (Å²) in [7, 11) is 1.80. The smallest absolute Gasteiger partial charge is 0.222 e. The number of alkyl halides is 1. The summed E-state index contributed by atoms with van der Waals surface area (Å²) < 4.78 is 5.55. The van der Waals surface area contributed by atoms with Crippen molar-refractivity contribution in [2.75, 3.05) is 25.5 Å². The number of carbonyl (C=O) groups excluding carboxylic acids is 1. The van der Waals surface area contributed by atoms with Crippen LogP contribution in [0.4, 0.5) is 0 Å². The molecule has 0 fully saturated rings. The number of nitrogens with zero attached hydrogens (tertiary/aromatic N) is 1. The van der Waals surface area contributed by atoms with Crippen molar-refractivity contribution in [3.63, 3.8) is 0 Å². The molecule has 3 nitrogen and oxygen atoms in total. The lowest BCUT2D eigenvalue weighted by Crippen LogP contribution is -2.30. The minimum absolute atomic E-state index is 0.163. The van der Waals surface area contributed by atoms with Gasteiger partial charge < -0.3 is 9.64 Å². The zero-order valence-corrected chi connectivity index (χ0v) is 13.4. The first kappa shape index (κ1) is 16.3. The molecule has 0 aliphatic rings. The van der Waals surface area contributed by atoms with E-state index in [4.69, 9.17) is 16.3 Å². The highest BCUT2D eigenvalue weighted by atomic mass is 79.9. The molecular formula is C14H19BrClNO2. The van der Waals surface area contributed by atoms with E-state index >= 15 is 0 Å². The predicted octanol–water partition coefficient (Wildman–Crippen LogP) is 3.74. The summed E-state index contributed by atoms with van der Waals surface area (Å²) >= 11 is 9.21. The molecule has 1 aromatic carbocycles. The largest absolute Gasteiger partial charge is 0.492 e. The molecule has 0 atom stereocenters. The molecule has 0 unspecified atom stereocenters. The van der Waals surface area contributed by atoms with Crippen molar-refractivity contribution >= 4 is 33.4 Å². The maximum atomic E-state index is 11.7. The van der Waals surface area contributed by atoms with Gasteiger partial charge in [-0.3, -0.25) is 4.79 Å². The molecule has 0 saturated carbocycles. The Labute approximate surface area is 128 Å². The normalized spacial score (nSPS) is 10.3. The zero-order chi connectivity index (χ0) is 14.1. The van der Waals surface area contributed by atoms with Crippen molar-refractivity contribution in [3.05, 3.63) is 29.3 Å². The quantitative estimate of drug-likeness (QED) is 0.529. The summed E-state index contributed by atoms with van der Waals surface area (Å²) in [4.78, 5) is 13.5. The first-order valence-electron chi connectivity index (χ1n) is 6.32. The van der Waals surface area contributed by atoms with E-state index in [0.29, 0.717) is 24.6 Å². The number of hydrogen-bond acceptors (Lipinski definition) is 2. The molecule has 0 aromatic heterocycles. The zero-order valence-electron chi connectivity index (χ0n) is 11.1. The Balaban J connectivity index is 2.23. The van der Waals surface area contributed by atoms with E-state index in [2.05, 4.69) is 15.9 Å². The maximum Gasteiger partial charge on any atom is 0.222 e. The van der Waals surface area contributed by atoms with E-state index in [1.807, 2.05) is 12.1 Å². The highest BCUT2D eigenvalue weighted by molar-refractivity contribution is 9.09. The summed E-state index contributed by atoms with van der Waals surface area (Å²) in [5.74, 6) is 0.892. The minimum atomic E-state index is 0.163. The van der Waals surface area contributed by atoms with Gasteiger partial charge in [0.15, 0.2) is 0 Å². The maximum absolute atomic E-state index is 11.7. The molecule has 19 heavy (non-hydrogen) atoms. The van der Waals surface area contributed by atoms with Gasteiger partial charge in [-0.05, 0) is 31.0 Å². The Kier molecular flexibility index (Phi) is 7.91. The lowest BCUT2D eigenvalue weighted by atomic mass is 10.2. The molecule has 0 aliphatic heterocycles. The number of rotatable bonds is 8. The van der Waals surface area contributed by atoms with Gasteiger partial charge in [-0.15, -0.1) is 0 Å². The van der Waals surface area contributed by atoms with Crippen LogP contribution >= 0.6 is 27.5 Å². The first-order valence-corrected chi connectivity index (χ1v) is 7.81. The third-order valence-electron chi connectivity index (χ3n) is 2.69. The summed E-state index contributed by atoms with van der Waals surface area (Å²) in [5.41, 5.74) is 0. The molecule has 0 spiro atoms. The molecule has 0 aliphatic carbocycles. The fourth-order valence-corrected chi connectivity index (χ4v) is 2.12. The highest BCUT2D eigenvalue weighted by Gasteiger charge is 2.07. The first-order chi connectivity index (χ1) is 9.13. The van der Waals surface area contributed by atoms with Gasteiger partial charge in [0.2, 0.25) is 5.91 Å². The number of likely N-dealkylation sites (N-methyl/N-ethyl adjacent to an activating group) is 1. The average Bonchev–Trinajstić information content (AvgIpc) is 2.39. The molecule has 1 rings (SSSR count). The van der Waals surface area contributed by atoms with Crippen LogP contribution in [0.25, 0.3) is 0 Å². The molecule has 0 radical (unpaired) electrons. The van der Waals surface area contributed by atoms with Gasteiger partial charge >= 0.3 is 0 Å². The second-order valence-corrected chi connectivity index (χ2v) is 5.50. The fourth-order valence-electron chi connectivity index (χ4n) is 1.54. The molecule has 106 valence electrons. The van der Waals surface area contributed by atoms with Crippen LogP contribution < -0.4 is 4.74 Å². The summed E-state index contributed by atoms with van der Waals surface area (Å²) in [5, 5.41) is 1.60. The third-order valence-corrected chi connectivity index (χ3v) is 3.49. The average molecular weight is 349 g/mol. The van der Waals surface area contributed by atoms with Gasteiger partial charge in [-0.2, -0.15) is 0 Å². The van der Waals surface area contributed by atoms with Crippen molar-refractivity contribution in [3.8, 4) is 5.75 Å². The van der Waals surface area contributed by atoms with Crippen molar-refractivity contribution in [1.29, 1.82) is 0 Å². The Hall–Kier alpha value is -0.740. The number of amides is 1. The number of carbonyl (C=O) groups is 1. The topological polar surface area (TPSA) is 29.5 Å². The van der Waals surface area contributed by atoms with Crippen LogP contribution in [0.1, 0.15) is 19.3 Å². The predicted molar refractivity (Wildman–Crippen MR) is 82.2 cm³/mol. The van der Waals surface area contributed by atoms with Crippen molar-refractivity contribution in [2.45, 2.75) is 19.3 Å². The molecule has 0 bridgehead atoms. The Morgan fingerprint density at radius 1 is 1.42 bits per heavy atom. The Morgan fingerprint density at radius 3 is 2.89 bits per heavy atom. The SMILES string of the molecule is CN(CCOc1cccc(Cl)c1)C(=O)CCCCBr.